The number of para-hydroxylation sites is 2. The van der Waals surface area contributed by atoms with Crippen LogP contribution < -0.4 is 48.2 Å². The fourth-order valence-electron chi connectivity index (χ4n) is 10.3. The monoisotopic (exact) mass is 1170 g/mol. The third-order valence-electron chi connectivity index (χ3n) is 15.0. The van der Waals surface area contributed by atoms with Crippen molar-refractivity contribution in [1.29, 1.82) is 0 Å². The van der Waals surface area contributed by atoms with Crippen LogP contribution in [0.25, 0.3) is 21.8 Å². The smallest absolute Gasteiger partial charge is 0.508 e. The van der Waals surface area contributed by atoms with Crippen LogP contribution in [-0.2, 0) is 59.2 Å². The molecule has 6 aromatic rings. The van der Waals surface area contributed by atoms with E-state index in [2.05, 4.69) is 52.6 Å². The SMILES string of the molecule is CC(C)[C@@H]1NC2=C=[N+](C1=O)[C@H](C(=O)NC(Cc1c[nH]c3ccccc13)C(=O)O)CC(C(O)=[N+]=O)SC[C@H](NC(=O)[C@H](N)Cc1ccccc1)C(=O)N[C@@H](Cc1ccc(O)cc1)C(=O)N[C@H](Cc1c[nH]c3ccccc13)C(=O)N[C@H]2CCCCN. The molecule has 2 aromatic heterocycles. The molecular weight excluding hydrogens is 1100 g/mol. The zero-order valence-electron chi connectivity index (χ0n) is 46.4. The molecule has 440 valence electrons. The first-order chi connectivity index (χ1) is 40.4. The van der Waals surface area contributed by atoms with Crippen molar-refractivity contribution in [3.63, 3.8) is 0 Å². The summed E-state index contributed by atoms with van der Waals surface area (Å²) in [5.41, 5.74) is 16.4. The number of aliphatic hydroxyl groups excluding tert-OH is 1. The van der Waals surface area contributed by atoms with Gasteiger partial charge in [-0.3, -0.25) is 24.0 Å². The molecule has 4 aromatic carbocycles. The number of amides is 6. The Balaban J connectivity index is 1.28. The number of hydrogen-bond donors (Lipinski definition) is 13. The van der Waals surface area contributed by atoms with E-state index in [1.54, 1.807) is 93.0 Å². The summed E-state index contributed by atoms with van der Waals surface area (Å²) in [7, 11) is 0. The molecule has 9 atom stereocenters. The Hall–Kier alpha value is -9.05. The van der Waals surface area contributed by atoms with Gasteiger partial charge in [-0.25, -0.2) is 9.59 Å². The Morgan fingerprint density at radius 3 is 2.00 bits per heavy atom. The molecule has 2 aliphatic heterocycles. The number of nitrogens with zero attached hydrogens (tertiary/aromatic N) is 2. The molecule has 8 rings (SSSR count). The number of phenols is 1. The molecule has 2 aliphatic rings. The Bertz CT molecular complexity index is 3500. The number of unbranched alkanes of at least 4 members (excludes halogenated alkanes) is 1. The van der Waals surface area contributed by atoms with Crippen LogP contribution in [0.5, 0.6) is 5.75 Å². The number of aromatic hydroxyl groups is 1. The van der Waals surface area contributed by atoms with Crippen LogP contribution in [0.1, 0.15) is 61.8 Å². The number of nitroso groups, excluding NO2 is 1. The highest BCUT2D eigenvalue weighted by Gasteiger charge is 2.49. The molecule has 0 fully saturated rings. The van der Waals surface area contributed by atoms with E-state index in [0.717, 1.165) is 15.5 Å². The highest BCUT2D eigenvalue weighted by Crippen LogP contribution is 2.26. The summed E-state index contributed by atoms with van der Waals surface area (Å²) in [6.07, 6.45) is 3.32. The largest absolute Gasteiger partial charge is 0.543 e. The molecule has 0 saturated carbocycles. The van der Waals surface area contributed by atoms with Crippen molar-refractivity contribution in [3.05, 3.63) is 148 Å². The first-order valence-corrected chi connectivity index (χ1v) is 28.8. The van der Waals surface area contributed by atoms with Gasteiger partial charge in [0.15, 0.2) is 16.2 Å². The molecule has 4 heterocycles. The summed E-state index contributed by atoms with van der Waals surface area (Å²) in [5, 5.41) is 49.5. The number of benzene rings is 4. The number of fused-ring (bicyclic) bond motifs is 2. The van der Waals surface area contributed by atoms with Gasteiger partial charge in [-0.1, -0.05) is 92.7 Å². The lowest BCUT2D eigenvalue weighted by Crippen LogP contribution is -2.61. The fourth-order valence-corrected chi connectivity index (χ4v) is 11.5. The third kappa shape index (κ3) is 15.3. The molecular formula is C60H70N12O11S+2. The Labute approximate surface area is 487 Å². The number of carboxylic acid groups (broad SMARTS) is 1. The molecule has 0 aliphatic carbocycles. The van der Waals surface area contributed by atoms with Gasteiger partial charge in [0.2, 0.25) is 29.5 Å². The van der Waals surface area contributed by atoms with Gasteiger partial charge in [0, 0.05) is 65.6 Å². The molecule has 24 heteroatoms. The number of carboxylic acids is 1. The highest BCUT2D eigenvalue weighted by atomic mass is 32.2. The number of aromatic amines is 2. The zero-order valence-corrected chi connectivity index (χ0v) is 47.2. The summed E-state index contributed by atoms with van der Waals surface area (Å²) < 4.78 is 0.973. The predicted octanol–water partition coefficient (Wildman–Crippen LogP) is 1.98. The van der Waals surface area contributed by atoms with E-state index in [1.165, 1.54) is 12.1 Å². The Morgan fingerprint density at radius 2 is 1.36 bits per heavy atom. The van der Waals surface area contributed by atoms with Crippen molar-refractivity contribution >= 4 is 86.7 Å². The maximum atomic E-state index is 15.3. The second kappa shape index (κ2) is 28.3. The van der Waals surface area contributed by atoms with Crippen LogP contribution in [-0.4, -0.2) is 149 Å². The van der Waals surface area contributed by atoms with Crippen molar-refractivity contribution in [2.24, 2.45) is 17.4 Å². The minimum absolute atomic E-state index is 0.0383. The van der Waals surface area contributed by atoms with Crippen molar-refractivity contribution in [2.45, 2.75) is 119 Å². The number of carbonyl (C=O) groups is 7. The average molecular weight is 1170 g/mol. The van der Waals surface area contributed by atoms with Crippen LogP contribution in [0.3, 0.4) is 0 Å². The van der Waals surface area contributed by atoms with Gasteiger partial charge in [0.05, 0.1) is 12.1 Å². The van der Waals surface area contributed by atoms with Gasteiger partial charge in [0.25, 0.3) is 16.8 Å². The van der Waals surface area contributed by atoms with Gasteiger partial charge >= 0.3 is 17.8 Å². The quantitative estimate of drug-likeness (QED) is 0.0181. The Morgan fingerprint density at radius 1 is 0.750 bits per heavy atom. The van der Waals surface area contributed by atoms with E-state index in [-0.39, 0.29) is 50.1 Å². The standard InChI is InChI=1S/C60H68N12O11S/c1-33(2)52-59(80)72-31-48(65-52)44(18-10-11-23-61)66-55(76)46(26-36-29-63-42-16-8-6-14-39(36)42)68-54(75)45(25-35-19-21-38(73)22-20-35)67-56(77)49(70-53(74)41(62)24-34-12-4-3-5-13-34)32-84-51(58(79)71-83)28-50(72)57(78)69-47(60(81)82)27-37-30-64-43-17-9-7-15-40(37)43/h3-9,12-17,19-22,29-30,33,41,44-47,49-52,63-65H,10-11,18,23-28,32,61-62H2,1-2H3,(H6-,66,67,68,69,70,73,74,75,76,77,78,81,82)/p+2/t41-,44+,45+,46-,47?,49+,50+,51?,52+/m1/s1. The molecule has 0 radical (unpaired) electrons. The number of aliphatic carboxylic acids is 1. The number of aliphatic hydroxyl groups is 1. The molecule has 6 amide bonds. The number of aromatic nitrogens is 2. The average Bonchev–Trinajstić information content (AvgIpc) is 4.25. The first-order valence-electron chi connectivity index (χ1n) is 27.8. The van der Waals surface area contributed by atoms with E-state index < -0.39 is 119 Å². The number of phenolic OH excluding ortho intramolecular Hbond substituents is 1. The number of thioether (sulfide) groups is 1. The van der Waals surface area contributed by atoms with Gasteiger partial charge in [0.1, 0.15) is 35.6 Å². The third-order valence-corrected chi connectivity index (χ3v) is 16.3. The number of rotatable bonds is 19. The number of carbonyl (C=O) groups excluding carboxylic acids is 6. The fraction of sp³-hybridized carbons (Fsp3) is 0.367. The molecule has 0 spiro atoms. The number of H-pyrrole nitrogens is 2. The summed E-state index contributed by atoms with van der Waals surface area (Å²) in [5.74, 6) is -5.57. The minimum atomic E-state index is -1.79. The molecule has 2 bridgehead atoms. The second-order valence-corrected chi connectivity index (χ2v) is 22.6. The van der Waals surface area contributed by atoms with Crippen molar-refractivity contribution < 1.29 is 53.5 Å². The topological polar surface area (TPSA) is 370 Å². The van der Waals surface area contributed by atoms with Crippen LogP contribution in [0.15, 0.2) is 121 Å². The van der Waals surface area contributed by atoms with Crippen molar-refractivity contribution in [1.82, 2.24) is 46.7 Å². The lowest BCUT2D eigenvalue weighted by Gasteiger charge is -2.30. The minimum Gasteiger partial charge on any atom is -0.508 e. The van der Waals surface area contributed by atoms with Gasteiger partial charge < -0.3 is 68.7 Å². The van der Waals surface area contributed by atoms with Gasteiger partial charge in [-0.05, 0) is 84.7 Å². The summed E-state index contributed by atoms with van der Waals surface area (Å²) in [6.45, 7) is 3.77. The van der Waals surface area contributed by atoms with E-state index in [0.29, 0.717) is 57.8 Å². The van der Waals surface area contributed by atoms with Crippen LogP contribution in [0, 0.1) is 10.8 Å². The van der Waals surface area contributed by atoms with Crippen LogP contribution in [0.2, 0.25) is 0 Å². The Kier molecular flexibility index (Phi) is 20.6. The van der Waals surface area contributed by atoms with E-state index in [1.807, 2.05) is 24.3 Å². The van der Waals surface area contributed by atoms with Crippen LogP contribution >= 0.6 is 11.8 Å². The maximum Gasteiger partial charge on any atom is 0.543 e. The number of nitrogens with two attached hydrogens (primary N) is 2. The van der Waals surface area contributed by atoms with Gasteiger partial charge in [-0.15, -0.1) is 16.3 Å². The lowest BCUT2D eigenvalue weighted by molar-refractivity contribution is -0.474. The molecule has 84 heavy (non-hydrogen) atoms. The molecule has 0 saturated heterocycles. The summed E-state index contributed by atoms with van der Waals surface area (Å²) in [6, 6.07) is 18.0. The molecule has 2 unspecified atom stereocenters. The number of hydrogen-bond acceptors (Lipinski definition) is 13. The number of nitrogens with one attached hydrogen (secondary N) is 8. The van der Waals surface area contributed by atoms with Crippen LogP contribution in [0.4, 0.5) is 0 Å². The lowest BCUT2D eigenvalue weighted by atomic mass is 9.96. The zero-order chi connectivity index (χ0) is 60.0. The first kappa shape index (κ1) is 61.0. The van der Waals surface area contributed by atoms with E-state index >= 15 is 24.0 Å². The summed E-state index contributed by atoms with van der Waals surface area (Å²) in [4.78, 5) is 125. The van der Waals surface area contributed by atoms with Crippen molar-refractivity contribution in [3.8, 4) is 5.75 Å². The van der Waals surface area contributed by atoms with Crippen molar-refractivity contribution in [2.75, 3.05) is 12.3 Å². The second-order valence-electron chi connectivity index (χ2n) is 21.3. The van der Waals surface area contributed by atoms with E-state index in [9.17, 15) is 29.8 Å². The van der Waals surface area contributed by atoms with E-state index in [4.69, 9.17) is 11.5 Å². The van der Waals surface area contributed by atoms with Gasteiger partial charge in [-0.2, -0.15) is 0 Å². The normalized spacial score (nSPS) is 21.5. The highest BCUT2D eigenvalue weighted by molar-refractivity contribution is 8.00. The predicted molar refractivity (Wildman–Crippen MR) is 317 cm³/mol. The molecule has 23 nitrogen and oxygen atoms in total. The maximum absolute atomic E-state index is 15.3. The summed E-state index contributed by atoms with van der Waals surface area (Å²) >= 11 is 0.698. The molecule has 15 N–H and O–H groups in total.